The monoisotopic (exact) mass is 394 g/mol. The van der Waals surface area contributed by atoms with Crippen molar-refractivity contribution < 1.29 is 14.3 Å². The van der Waals surface area contributed by atoms with Crippen LogP contribution >= 0.6 is 0 Å². The molecule has 1 aliphatic rings. The van der Waals surface area contributed by atoms with Crippen LogP contribution in [0.3, 0.4) is 0 Å². The second kappa shape index (κ2) is 9.59. The maximum absolute atomic E-state index is 12.5. The van der Waals surface area contributed by atoms with Crippen molar-refractivity contribution >= 4 is 11.8 Å². The van der Waals surface area contributed by atoms with Crippen LogP contribution in [-0.2, 0) is 11.3 Å². The van der Waals surface area contributed by atoms with E-state index in [0.29, 0.717) is 24.1 Å². The van der Waals surface area contributed by atoms with Gasteiger partial charge >= 0.3 is 0 Å². The molecule has 1 unspecified atom stereocenters. The average Bonchev–Trinajstić information content (AvgIpc) is 3.56. The molecule has 5 nitrogen and oxygen atoms in total. The first-order valence-corrected chi connectivity index (χ1v) is 10.3. The van der Waals surface area contributed by atoms with Crippen molar-refractivity contribution in [3.8, 4) is 5.75 Å². The minimum Gasteiger partial charge on any atom is -0.483 e. The number of carbonyl (C=O) groups is 2. The highest BCUT2D eigenvalue weighted by molar-refractivity contribution is 5.94. The lowest BCUT2D eigenvalue weighted by Gasteiger charge is -2.19. The van der Waals surface area contributed by atoms with E-state index in [-0.39, 0.29) is 18.4 Å². The fourth-order valence-corrected chi connectivity index (χ4v) is 3.11. The van der Waals surface area contributed by atoms with Crippen LogP contribution in [0, 0.1) is 0 Å². The first kappa shape index (κ1) is 20.9. The van der Waals surface area contributed by atoms with Gasteiger partial charge in [-0.15, -0.1) is 0 Å². The molecule has 1 saturated carbocycles. The number of nitrogens with one attached hydrogen (secondary N) is 1. The summed E-state index contributed by atoms with van der Waals surface area (Å²) in [4.78, 5) is 26.2. The lowest BCUT2D eigenvalue weighted by molar-refractivity contribution is -0.132. The van der Waals surface area contributed by atoms with Crippen LogP contribution in [0.4, 0.5) is 0 Å². The molecule has 1 N–H and O–H groups in total. The molecule has 2 amide bonds. The molecule has 5 heteroatoms. The zero-order valence-electron chi connectivity index (χ0n) is 17.5. The number of likely N-dealkylation sites (N-methyl/N-ethyl adjacent to an activating group) is 1. The van der Waals surface area contributed by atoms with Gasteiger partial charge in [0.25, 0.3) is 11.8 Å². The van der Waals surface area contributed by atoms with Gasteiger partial charge in [-0.25, -0.2) is 0 Å². The topological polar surface area (TPSA) is 58.6 Å². The van der Waals surface area contributed by atoms with Gasteiger partial charge < -0.3 is 15.0 Å². The molecular formula is C24H30N2O3. The van der Waals surface area contributed by atoms with E-state index in [1.165, 1.54) is 0 Å². The molecule has 0 heterocycles. The number of ether oxygens (including phenoxy) is 1. The van der Waals surface area contributed by atoms with Gasteiger partial charge in [0.15, 0.2) is 6.61 Å². The maximum atomic E-state index is 12.5. The molecule has 0 bridgehead atoms. The van der Waals surface area contributed by atoms with Gasteiger partial charge in [-0.1, -0.05) is 44.2 Å². The standard InChI is InChI=1S/C24H30N2O3/c1-4-17(2)21-7-5-6-8-22(21)29-16-23(27)26(3)15-18-9-11-19(12-10-18)24(28)25-20-13-14-20/h5-12,17,20H,4,13-16H2,1-3H3,(H,25,28). The third-order valence-corrected chi connectivity index (χ3v) is 5.39. The normalized spacial score (nSPS) is 14.2. The molecule has 0 aromatic heterocycles. The summed E-state index contributed by atoms with van der Waals surface area (Å²) >= 11 is 0. The smallest absolute Gasteiger partial charge is 0.260 e. The first-order valence-electron chi connectivity index (χ1n) is 10.3. The van der Waals surface area contributed by atoms with Crippen molar-refractivity contribution in [3.05, 3.63) is 65.2 Å². The highest BCUT2D eigenvalue weighted by Crippen LogP contribution is 2.28. The third kappa shape index (κ3) is 5.83. The number of hydrogen-bond donors (Lipinski definition) is 1. The Bertz CT molecular complexity index is 843. The molecule has 0 radical (unpaired) electrons. The van der Waals surface area contributed by atoms with Gasteiger partial charge in [0, 0.05) is 25.2 Å². The molecule has 0 spiro atoms. The summed E-state index contributed by atoms with van der Waals surface area (Å²) < 4.78 is 5.83. The summed E-state index contributed by atoms with van der Waals surface area (Å²) in [6.07, 6.45) is 3.16. The minimum atomic E-state index is -0.0838. The Morgan fingerprint density at radius 2 is 1.83 bits per heavy atom. The summed E-state index contributed by atoms with van der Waals surface area (Å²) in [6, 6.07) is 15.6. The maximum Gasteiger partial charge on any atom is 0.260 e. The highest BCUT2D eigenvalue weighted by Gasteiger charge is 2.23. The van der Waals surface area contributed by atoms with Crippen LogP contribution in [-0.4, -0.2) is 36.4 Å². The van der Waals surface area contributed by atoms with E-state index in [4.69, 9.17) is 4.74 Å². The molecule has 0 saturated heterocycles. The van der Waals surface area contributed by atoms with Gasteiger partial charge in [0.2, 0.25) is 0 Å². The molecule has 2 aromatic carbocycles. The van der Waals surface area contributed by atoms with E-state index in [1.54, 1.807) is 11.9 Å². The average molecular weight is 395 g/mol. The Labute approximate surface area is 173 Å². The molecule has 2 aromatic rings. The fourth-order valence-electron chi connectivity index (χ4n) is 3.11. The van der Waals surface area contributed by atoms with Gasteiger partial charge in [-0.2, -0.15) is 0 Å². The van der Waals surface area contributed by atoms with Crippen molar-refractivity contribution in [2.45, 2.75) is 51.6 Å². The summed E-state index contributed by atoms with van der Waals surface area (Å²) in [5.74, 6) is 1.04. The van der Waals surface area contributed by atoms with Crippen molar-refractivity contribution in [1.82, 2.24) is 10.2 Å². The number of carbonyl (C=O) groups excluding carboxylic acids is 2. The summed E-state index contributed by atoms with van der Waals surface area (Å²) in [5, 5.41) is 2.98. The quantitative estimate of drug-likeness (QED) is 0.696. The highest BCUT2D eigenvalue weighted by atomic mass is 16.5. The number of hydrogen-bond acceptors (Lipinski definition) is 3. The Hall–Kier alpha value is -2.82. The molecule has 29 heavy (non-hydrogen) atoms. The summed E-state index contributed by atoms with van der Waals surface area (Å²) in [6.45, 7) is 4.78. The molecule has 154 valence electrons. The number of rotatable bonds is 9. The van der Waals surface area contributed by atoms with E-state index < -0.39 is 0 Å². The van der Waals surface area contributed by atoms with E-state index in [1.807, 2.05) is 42.5 Å². The van der Waals surface area contributed by atoms with E-state index in [2.05, 4.69) is 25.2 Å². The van der Waals surface area contributed by atoms with Crippen molar-refractivity contribution in [2.75, 3.05) is 13.7 Å². The number of para-hydroxylation sites is 1. The van der Waals surface area contributed by atoms with Crippen LogP contribution in [0.2, 0.25) is 0 Å². The lowest BCUT2D eigenvalue weighted by Crippen LogP contribution is -2.31. The van der Waals surface area contributed by atoms with Crippen LogP contribution in [0.25, 0.3) is 0 Å². The number of nitrogens with zero attached hydrogens (tertiary/aromatic N) is 1. The first-order chi connectivity index (χ1) is 14.0. The molecular weight excluding hydrogens is 364 g/mol. The second-order valence-corrected chi connectivity index (χ2v) is 7.83. The zero-order valence-corrected chi connectivity index (χ0v) is 17.5. The Balaban J connectivity index is 1.52. The van der Waals surface area contributed by atoms with Gasteiger partial charge in [0.1, 0.15) is 5.75 Å². The van der Waals surface area contributed by atoms with E-state index in [0.717, 1.165) is 36.1 Å². The Morgan fingerprint density at radius 3 is 2.48 bits per heavy atom. The van der Waals surface area contributed by atoms with Crippen LogP contribution in [0.1, 0.15) is 60.5 Å². The third-order valence-electron chi connectivity index (χ3n) is 5.39. The van der Waals surface area contributed by atoms with E-state index in [9.17, 15) is 9.59 Å². The Morgan fingerprint density at radius 1 is 1.14 bits per heavy atom. The zero-order chi connectivity index (χ0) is 20.8. The minimum absolute atomic E-state index is 0.00578. The summed E-state index contributed by atoms with van der Waals surface area (Å²) in [7, 11) is 1.76. The molecule has 1 atom stereocenters. The fraction of sp³-hybridized carbons (Fsp3) is 0.417. The predicted octanol–water partition coefficient (Wildman–Crippen LogP) is 4.13. The van der Waals surface area contributed by atoms with Crippen molar-refractivity contribution in [1.29, 1.82) is 0 Å². The molecule has 3 rings (SSSR count). The van der Waals surface area contributed by atoms with Crippen LogP contribution in [0.5, 0.6) is 5.75 Å². The van der Waals surface area contributed by atoms with Crippen molar-refractivity contribution in [2.24, 2.45) is 0 Å². The summed E-state index contributed by atoms with van der Waals surface area (Å²) in [5.41, 5.74) is 2.76. The largest absolute Gasteiger partial charge is 0.483 e. The van der Waals surface area contributed by atoms with Crippen LogP contribution < -0.4 is 10.1 Å². The predicted molar refractivity (Wildman–Crippen MR) is 114 cm³/mol. The number of benzene rings is 2. The van der Waals surface area contributed by atoms with Gasteiger partial charge in [-0.3, -0.25) is 9.59 Å². The molecule has 1 aliphatic carbocycles. The SMILES string of the molecule is CCC(C)c1ccccc1OCC(=O)N(C)Cc1ccc(C(=O)NC2CC2)cc1. The van der Waals surface area contributed by atoms with Crippen LogP contribution in [0.15, 0.2) is 48.5 Å². The molecule has 1 fully saturated rings. The van der Waals surface area contributed by atoms with E-state index >= 15 is 0 Å². The Kier molecular flexibility index (Phi) is 6.91. The van der Waals surface area contributed by atoms with Gasteiger partial charge in [-0.05, 0) is 54.5 Å². The number of amides is 2. The van der Waals surface area contributed by atoms with Crippen molar-refractivity contribution in [3.63, 3.8) is 0 Å². The second-order valence-electron chi connectivity index (χ2n) is 7.83. The lowest BCUT2D eigenvalue weighted by atomic mass is 9.98. The molecule has 0 aliphatic heterocycles. The van der Waals surface area contributed by atoms with Gasteiger partial charge in [0.05, 0.1) is 0 Å².